The Kier molecular flexibility index (Phi) is 2.85. The molecule has 14 heavy (non-hydrogen) atoms. The molecule has 1 aliphatic carbocycles. The third-order valence-corrected chi connectivity index (χ3v) is 3.56. The Hall–Kier alpha value is -0.0800. The molecule has 0 spiro atoms. The van der Waals surface area contributed by atoms with E-state index in [2.05, 4.69) is 26.1 Å². The van der Waals surface area contributed by atoms with Crippen molar-refractivity contribution < 1.29 is 4.74 Å². The Morgan fingerprint density at radius 1 is 1.36 bits per heavy atom. The van der Waals surface area contributed by atoms with Crippen LogP contribution in [0.2, 0.25) is 0 Å². The third-order valence-electron chi connectivity index (χ3n) is 3.56. The van der Waals surface area contributed by atoms with Crippen LogP contribution in [0.15, 0.2) is 0 Å². The molecule has 2 fully saturated rings. The summed E-state index contributed by atoms with van der Waals surface area (Å²) in [6, 6.07) is 0.775. The lowest BCUT2D eigenvalue weighted by molar-refractivity contribution is -0.0167. The Morgan fingerprint density at radius 2 is 2.07 bits per heavy atom. The topological polar surface area (TPSA) is 21.3 Å². The zero-order valence-corrected chi connectivity index (χ0v) is 9.68. The highest BCUT2D eigenvalue weighted by Gasteiger charge is 2.32. The standard InChI is InChI=1S/C12H23NO/c1-9-6-10(7-9)13-8-11-4-5-12(2,3)14-11/h9-11,13H,4-8H2,1-3H3. The largest absolute Gasteiger partial charge is 0.371 e. The van der Waals surface area contributed by atoms with E-state index in [4.69, 9.17) is 4.74 Å². The quantitative estimate of drug-likeness (QED) is 0.750. The van der Waals surface area contributed by atoms with Crippen molar-refractivity contribution in [3.63, 3.8) is 0 Å². The lowest BCUT2D eigenvalue weighted by atomic mass is 9.82. The van der Waals surface area contributed by atoms with Crippen LogP contribution in [0.3, 0.4) is 0 Å². The molecule has 1 heterocycles. The fourth-order valence-electron chi connectivity index (χ4n) is 2.59. The SMILES string of the molecule is CC1CC(NCC2CCC(C)(C)O2)C1. The van der Waals surface area contributed by atoms with Gasteiger partial charge in [-0.15, -0.1) is 0 Å². The van der Waals surface area contributed by atoms with Crippen LogP contribution in [0.25, 0.3) is 0 Å². The number of ether oxygens (including phenoxy) is 1. The molecule has 0 aromatic carbocycles. The van der Waals surface area contributed by atoms with Crippen molar-refractivity contribution in [2.24, 2.45) is 5.92 Å². The van der Waals surface area contributed by atoms with E-state index in [0.717, 1.165) is 18.5 Å². The first-order chi connectivity index (χ1) is 6.55. The number of nitrogens with one attached hydrogen (secondary N) is 1. The summed E-state index contributed by atoms with van der Waals surface area (Å²) < 4.78 is 5.93. The van der Waals surface area contributed by atoms with Gasteiger partial charge < -0.3 is 10.1 Å². The maximum absolute atomic E-state index is 5.93. The first-order valence-corrected chi connectivity index (χ1v) is 5.96. The summed E-state index contributed by atoms with van der Waals surface area (Å²) in [5, 5.41) is 3.60. The van der Waals surface area contributed by atoms with Crippen molar-refractivity contribution in [1.29, 1.82) is 0 Å². The van der Waals surface area contributed by atoms with Crippen LogP contribution < -0.4 is 5.32 Å². The fraction of sp³-hybridized carbons (Fsp3) is 1.00. The van der Waals surface area contributed by atoms with E-state index >= 15 is 0 Å². The Labute approximate surface area is 87.4 Å². The van der Waals surface area contributed by atoms with Gasteiger partial charge in [-0.3, -0.25) is 0 Å². The lowest BCUT2D eigenvalue weighted by Gasteiger charge is -2.34. The van der Waals surface area contributed by atoms with Gasteiger partial charge in [0.15, 0.2) is 0 Å². The van der Waals surface area contributed by atoms with Crippen LogP contribution in [0, 0.1) is 5.92 Å². The van der Waals surface area contributed by atoms with Crippen molar-refractivity contribution in [3.05, 3.63) is 0 Å². The van der Waals surface area contributed by atoms with Gasteiger partial charge in [0.05, 0.1) is 11.7 Å². The van der Waals surface area contributed by atoms with Gasteiger partial charge in [0, 0.05) is 12.6 Å². The summed E-state index contributed by atoms with van der Waals surface area (Å²) in [6.07, 6.45) is 5.61. The maximum atomic E-state index is 5.93. The van der Waals surface area contributed by atoms with E-state index in [-0.39, 0.29) is 5.60 Å². The fourth-order valence-corrected chi connectivity index (χ4v) is 2.59. The maximum Gasteiger partial charge on any atom is 0.0707 e. The molecule has 1 unspecified atom stereocenters. The second kappa shape index (κ2) is 3.82. The molecule has 2 heteroatoms. The van der Waals surface area contributed by atoms with E-state index in [1.165, 1.54) is 25.7 Å². The molecule has 82 valence electrons. The molecule has 1 atom stereocenters. The summed E-state index contributed by atoms with van der Waals surface area (Å²) in [5.74, 6) is 0.938. The average molecular weight is 197 g/mol. The summed E-state index contributed by atoms with van der Waals surface area (Å²) in [7, 11) is 0. The molecule has 0 bridgehead atoms. The van der Waals surface area contributed by atoms with Crippen LogP contribution in [0.4, 0.5) is 0 Å². The van der Waals surface area contributed by atoms with Crippen LogP contribution in [0.1, 0.15) is 46.5 Å². The zero-order chi connectivity index (χ0) is 10.2. The number of hydrogen-bond donors (Lipinski definition) is 1. The predicted octanol–water partition coefficient (Wildman–Crippen LogP) is 2.33. The third kappa shape index (κ3) is 2.48. The Bertz CT molecular complexity index is 196. The smallest absolute Gasteiger partial charge is 0.0707 e. The molecule has 0 amide bonds. The molecule has 0 aromatic heterocycles. The number of hydrogen-bond acceptors (Lipinski definition) is 2. The molecule has 0 radical (unpaired) electrons. The van der Waals surface area contributed by atoms with Gasteiger partial charge in [-0.2, -0.15) is 0 Å². The highest BCUT2D eigenvalue weighted by molar-refractivity contribution is 4.86. The van der Waals surface area contributed by atoms with Gasteiger partial charge in [-0.05, 0) is 45.4 Å². The van der Waals surface area contributed by atoms with Gasteiger partial charge >= 0.3 is 0 Å². The first kappa shape index (κ1) is 10.4. The van der Waals surface area contributed by atoms with Gasteiger partial charge in [-0.1, -0.05) is 6.92 Å². The van der Waals surface area contributed by atoms with Crippen LogP contribution in [-0.4, -0.2) is 24.3 Å². The van der Waals surface area contributed by atoms with Crippen molar-refractivity contribution in [3.8, 4) is 0 Å². The Morgan fingerprint density at radius 3 is 2.57 bits per heavy atom. The molecule has 0 aromatic rings. The first-order valence-electron chi connectivity index (χ1n) is 5.96. The van der Waals surface area contributed by atoms with Crippen LogP contribution in [0.5, 0.6) is 0 Å². The van der Waals surface area contributed by atoms with Crippen molar-refractivity contribution in [2.45, 2.75) is 64.2 Å². The summed E-state index contributed by atoms with van der Waals surface area (Å²) >= 11 is 0. The van der Waals surface area contributed by atoms with Gasteiger partial charge in [0.2, 0.25) is 0 Å². The molecular weight excluding hydrogens is 174 g/mol. The highest BCUT2D eigenvalue weighted by atomic mass is 16.5. The monoisotopic (exact) mass is 197 g/mol. The minimum atomic E-state index is 0.124. The summed E-state index contributed by atoms with van der Waals surface area (Å²) in [6.45, 7) is 7.77. The summed E-state index contributed by atoms with van der Waals surface area (Å²) in [5.41, 5.74) is 0.124. The van der Waals surface area contributed by atoms with E-state index in [0.29, 0.717) is 6.10 Å². The lowest BCUT2D eigenvalue weighted by Crippen LogP contribution is -2.43. The Balaban J connectivity index is 1.63. The molecule has 2 nitrogen and oxygen atoms in total. The van der Waals surface area contributed by atoms with Gasteiger partial charge in [-0.25, -0.2) is 0 Å². The second-order valence-electron chi connectivity index (χ2n) is 5.72. The van der Waals surface area contributed by atoms with Crippen LogP contribution >= 0.6 is 0 Å². The van der Waals surface area contributed by atoms with E-state index in [9.17, 15) is 0 Å². The minimum Gasteiger partial charge on any atom is -0.371 e. The van der Waals surface area contributed by atoms with Crippen molar-refractivity contribution >= 4 is 0 Å². The number of rotatable bonds is 3. The van der Waals surface area contributed by atoms with Crippen LogP contribution in [-0.2, 0) is 4.74 Å². The van der Waals surface area contributed by atoms with E-state index in [1.54, 1.807) is 0 Å². The molecule has 1 saturated heterocycles. The normalized spacial score (nSPS) is 40.9. The average Bonchev–Trinajstić information content (AvgIpc) is 2.37. The minimum absolute atomic E-state index is 0.124. The van der Waals surface area contributed by atoms with Gasteiger partial charge in [0.1, 0.15) is 0 Å². The molecule has 1 N–H and O–H groups in total. The molecular formula is C12H23NO. The van der Waals surface area contributed by atoms with E-state index < -0.39 is 0 Å². The predicted molar refractivity (Wildman–Crippen MR) is 58.4 cm³/mol. The highest BCUT2D eigenvalue weighted by Crippen LogP contribution is 2.30. The summed E-state index contributed by atoms with van der Waals surface area (Å²) in [4.78, 5) is 0. The van der Waals surface area contributed by atoms with Crippen molar-refractivity contribution in [2.75, 3.05) is 6.54 Å². The molecule has 2 rings (SSSR count). The van der Waals surface area contributed by atoms with Crippen molar-refractivity contribution in [1.82, 2.24) is 5.32 Å². The second-order valence-corrected chi connectivity index (χ2v) is 5.72. The molecule has 1 saturated carbocycles. The van der Waals surface area contributed by atoms with E-state index in [1.807, 2.05) is 0 Å². The molecule has 1 aliphatic heterocycles. The zero-order valence-electron chi connectivity index (χ0n) is 9.68. The molecule has 2 aliphatic rings. The van der Waals surface area contributed by atoms with Gasteiger partial charge in [0.25, 0.3) is 0 Å².